The number of amides is 1. The molecule has 1 amide bonds. The molecule has 1 atom stereocenters. The van der Waals surface area contributed by atoms with E-state index in [4.69, 9.17) is 19.6 Å². The molecule has 5 rings (SSSR count). The molecule has 1 unspecified atom stereocenters. The van der Waals surface area contributed by atoms with Gasteiger partial charge in [-0.15, -0.1) is 5.10 Å². The number of para-hydroxylation sites is 2. The summed E-state index contributed by atoms with van der Waals surface area (Å²) in [5.74, 6) is 2.65. The van der Waals surface area contributed by atoms with Gasteiger partial charge >= 0.3 is 0 Å². The first kappa shape index (κ1) is 27.3. The van der Waals surface area contributed by atoms with Crippen LogP contribution in [0.25, 0.3) is 0 Å². The molecule has 2 N–H and O–H groups in total. The van der Waals surface area contributed by atoms with Crippen LogP contribution in [0.15, 0.2) is 95.3 Å². The number of ether oxygens (including phenoxy) is 2. The summed E-state index contributed by atoms with van der Waals surface area (Å²) in [5, 5.41) is 11.8. The molecule has 1 aromatic heterocycles. The lowest BCUT2D eigenvalue weighted by molar-refractivity contribution is -0.113. The minimum Gasteiger partial charge on any atom is -0.492 e. The molecule has 0 aliphatic carbocycles. The number of nitrogens with one attached hydrogen (secondary N) is 2. The van der Waals surface area contributed by atoms with Crippen LogP contribution >= 0.6 is 11.8 Å². The molecular formula is C31H33N5O3S. The second-order valence-electron chi connectivity index (χ2n) is 9.30. The number of benzene rings is 3. The molecule has 0 fully saturated rings. The number of thioether (sulfide) groups is 1. The first-order valence-corrected chi connectivity index (χ1v) is 14.4. The van der Waals surface area contributed by atoms with Gasteiger partial charge in [0.15, 0.2) is 0 Å². The molecule has 4 aromatic rings. The third-order valence-electron chi connectivity index (χ3n) is 6.39. The van der Waals surface area contributed by atoms with Crippen molar-refractivity contribution < 1.29 is 14.3 Å². The van der Waals surface area contributed by atoms with Crippen molar-refractivity contribution in [1.82, 2.24) is 14.8 Å². The zero-order valence-electron chi connectivity index (χ0n) is 22.9. The van der Waals surface area contributed by atoms with Crippen LogP contribution in [0.5, 0.6) is 11.5 Å². The van der Waals surface area contributed by atoms with E-state index in [1.54, 1.807) is 16.4 Å². The van der Waals surface area contributed by atoms with Gasteiger partial charge in [0.1, 0.15) is 24.1 Å². The Kier molecular flexibility index (Phi) is 8.71. The maximum atomic E-state index is 13.9. The lowest BCUT2D eigenvalue weighted by atomic mass is 9.95. The number of allylic oxidation sites excluding steroid dienone is 1. The number of anilines is 2. The molecule has 206 valence electrons. The number of hydrogen-bond donors (Lipinski definition) is 2. The van der Waals surface area contributed by atoms with E-state index >= 15 is 0 Å². The van der Waals surface area contributed by atoms with Gasteiger partial charge in [-0.05, 0) is 55.7 Å². The van der Waals surface area contributed by atoms with Crippen molar-refractivity contribution in [3.63, 3.8) is 0 Å². The van der Waals surface area contributed by atoms with E-state index < -0.39 is 6.04 Å². The largest absolute Gasteiger partial charge is 0.492 e. The van der Waals surface area contributed by atoms with Gasteiger partial charge in [-0.3, -0.25) is 4.79 Å². The van der Waals surface area contributed by atoms with Crippen molar-refractivity contribution in [3.8, 4) is 11.5 Å². The SMILES string of the molecule is CCCSc1nc2n(n1)C(c1ccc(OCc3ccccc3)cc1)C(C(=O)Nc1ccccc1OCC)=C(C)N2. The molecular weight excluding hydrogens is 522 g/mol. The second-order valence-corrected chi connectivity index (χ2v) is 10.4. The van der Waals surface area contributed by atoms with Gasteiger partial charge in [-0.1, -0.05) is 73.3 Å². The third-order valence-corrected chi connectivity index (χ3v) is 7.44. The van der Waals surface area contributed by atoms with Gasteiger partial charge in [0.2, 0.25) is 11.1 Å². The molecule has 0 saturated carbocycles. The van der Waals surface area contributed by atoms with E-state index in [1.807, 2.05) is 92.7 Å². The minimum absolute atomic E-state index is 0.240. The Labute approximate surface area is 238 Å². The zero-order chi connectivity index (χ0) is 27.9. The monoisotopic (exact) mass is 555 g/mol. The van der Waals surface area contributed by atoms with Crippen LogP contribution in [0, 0.1) is 0 Å². The third kappa shape index (κ3) is 6.15. The van der Waals surface area contributed by atoms with Gasteiger partial charge in [0.05, 0.1) is 17.9 Å². The Bertz CT molecular complexity index is 1480. The molecule has 0 bridgehead atoms. The number of rotatable bonds is 11. The lowest BCUT2D eigenvalue weighted by Crippen LogP contribution is -2.31. The number of carbonyl (C=O) groups excluding carboxylic acids is 1. The highest BCUT2D eigenvalue weighted by Crippen LogP contribution is 2.38. The summed E-state index contributed by atoms with van der Waals surface area (Å²) in [6.45, 7) is 6.91. The van der Waals surface area contributed by atoms with Crippen molar-refractivity contribution in [2.75, 3.05) is 23.0 Å². The summed E-state index contributed by atoms with van der Waals surface area (Å²) >= 11 is 1.60. The standard InChI is InChI=1S/C31H33N5O3S/c1-4-19-40-31-34-30-32-21(3)27(29(37)33-25-13-9-10-14-26(25)38-5-2)28(36(30)35-31)23-15-17-24(18-16-23)39-20-22-11-7-6-8-12-22/h6-18,28H,4-5,19-20H2,1-3H3,(H,33,37)(H,32,34,35). The normalized spacial score (nSPS) is 14.3. The summed E-state index contributed by atoms with van der Waals surface area (Å²) in [6, 6.07) is 24.8. The van der Waals surface area contributed by atoms with E-state index in [0.717, 1.165) is 29.1 Å². The van der Waals surface area contributed by atoms with E-state index in [2.05, 4.69) is 17.6 Å². The average Bonchev–Trinajstić information content (AvgIpc) is 3.38. The predicted octanol–water partition coefficient (Wildman–Crippen LogP) is 6.69. The fraction of sp³-hybridized carbons (Fsp3) is 0.258. The number of fused-ring (bicyclic) bond motifs is 1. The molecule has 9 heteroatoms. The molecule has 1 aliphatic rings. The van der Waals surface area contributed by atoms with Crippen LogP contribution < -0.4 is 20.1 Å². The van der Waals surface area contributed by atoms with E-state index in [9.17, 15) is 4.79 Å². The highest BCUT2D eigenvalue weighted by Gasteiger charge is 2.34. The van der Waals surface area contributed by atoms with Gasteiger partial charge in [0.25, 0.3) is 5.91 Å². The second kappa shape index (κ2) is 12.7. The summed E-state index contributed by atoms with van der Waals surface area (Å²) in [7, 11) is 0. The van der Waals surface area contributed by atoms with Crippen molar-refractivity contribution in [2.24, 2.45) is 0 Å². The van der Waals surface area contributed by atoms with E-state index in [-0.39, 0.29) is 5.91 Å². The summed E-state index contributed by atoms with van der Waals surface area (Å²) in [4.78, 5) is 18.6. The maximum absolute atomic E-state index is 13.9. The van der Waals surface area contributed by atoms with Crippen LogP contribution in [0.4, 0.5) is 11.6 Å². The molecule has 2 heterocycles. The quantitative estimate of drug-likeness (QED) is 0.199. The number of nitrogens with zero attached hydrogens (tertiary/aromatic N) is 3. The molecule has 1 aliphatic heterocycles. The summed E-state index contributed by atoms with van der Waals surface area (Å²) < 4.78 is 13.5. The number of aromatic nitrogens is 3. The minimum atomic E-state index is -0.484. The molecule has 0 saturated heterocycles. The molecule has 3 aromatic carbocycles. The van der Waals surface area contributed by atoms with E-state index in [1.165, 1.54) is 0 Å². The Morgan fingerprint density at radius 1 is 1.00 bits per heavy atom. The molecule has 8 nitrogen and oxygen atoms in total. The number of hydrogen-bond acceptors (Lipinski definition) is 7. The van der Waals surface area contributed by atoms with Gasteiger partial charge in [0, 0.05) is 11.4 Å². The first-order valence-electron chi connectivity index (χ1n) is 13.4. The summed E-state index contributed by atoms with van der Waals surface area (Å²) in [5.41, 5.74) is 3.87. The van der Waals surface area contributed by atoms with Crippen molar-refractivity contribution in [1.29, 1.82) is 0 Å². The van der Waals surface area contributed by atoms with E-state index in [0.29, 0.717) is 47.0 Å². The Balaban J connectivity index is 1.46. The Hall–Kier alpha value is -4.24. The van der Waals surface area contributed by atoms with Crippen molar-refractivity contribution in [2.45, 2.75) is 45.0 Å². The average molecular weight is 556 g/mol. The Morgan fingerprint density at radius 3 is 2.50 bits per heavy atom. The zero-order valence-corrected chi connectivity index (χ0v) is 23.7. The highest BCUT2D eigenvalue weighted by molar-refractivity contribution is 7.99. The summed E-state index contributed by atoms with van der Waals surface area (Å²) in [6.07, 6.45) is 1.01. The van der Waals surface area contributed by atoms with Crippen LogP contribution in [0.1, 0.15) is 44.4 Å². The molecule has 0 radical (unpaired) electrons. The van der Waals surface area contributed by atoms with Crippen LogP contribution in [0.3, 0.4) is 0 Å². The number of carbonyl (C=O) groups is 1. The maximum Gasteiger partial charge on any atom is 0.255 e. The highest BCUT2D eigenvalue weighted by atomic mass is 32.2. The topological polar surface area (TPSA) is 90.3 Å². The van der Waals surface area contributed by atoms with Crippen LogP contribution in [-0.2, 0) is 11.4 Å². The fourth-order valence-electron chi connectivity index (χ4n) is 4.52. The fourth-order valence-corrected chi connectivity index (χ4v) is 5.20. The van der Waals surface area contributed by atoms with Crippen LogP contribution in [0.2, 0.25) is 0 Å². The van der Waals surface area contributed by atoms with Crippen molar-refractivity contribution in [3.05, 3.63) is 101 Å². The Morgan fingerprint density at radius 2 is 1.75 bits per heavy atom. The predicted molar refractivity (Wildman–Crippen MR) is 159 cm³/mol. The van der Waals surface area contributed by atoms with Gasteiger partial charge < -0.3 is 20.1 Å². The lowest BCUT2D eigenvalue weighted by Gasteiger charge is -2.29. The smallest absolute Gasteiger partial charge is 0.255 e. The first-order chi connectivity index (χ1) is 19.6. The van der Waals surface area contributed by atoms with Crippen LogP contribution in [-0.4, -0.2) is 33.0 Å². The van der Waals surface area contributed by atoms with Gasteiger partial charge in [-0.2, -0.15) is 4.98 Å². The molecule has 40 heavy (non-hydrogen) atoms. The van der Waals surface area contributed by atoms with Gasteiger partial charge in [-0.25, -0.2) is 4.68 Å². The molecule has 0 spiro atoms. The van der Waals surface area contributed by atoms with Crippen molar-refractivity contribution >= 4 is 29.3 Å².